The quantitative estimate of drug-likeness (QED) is 0.645. The molecule has 1 N–H and O–H groups in total. The summed E-state index contributed by atoms with van der Waals surface area (Å²) in [7, 11) is 0. The monoisotopic (exact) mass is 338 g/mol. The summed E-state index contributed by atoms with van der Waals surface area (Å²) in [6.07, 6.45) is 1.38. The average molecular weight is 339 g/mol. The predicted molar refractivity (Wildman–Crippen MR) is 81.2 cm³/mol. The SMILES string of the molecule is Cc1cc(Br)ccc1-c1ccc(/C=C(\S)C(=O)O)o1. The van der Waals surface area contributed by atoms with Gasteiger partial charge in [-0.05, 0) is 42.8 Å². The number of hydrogen-bond donors (Lipinski definition) is 2. The normalized spacial score (nSPS) is 11.6. The fourth-order valence-corrected chi connectivity index (χ4v) is 2.28. The van der Waals surface area contributed by atoms with Gasteiger partial charge in [0, 0.05) is 16.1 Å². The van der Waals surface area contributed by atoms with E-state index in [0.29, 0.717) is 11.5 Å². The summed E-state index contributed by atoms with van der Waals surface area (Å²) in [5.41, 5.74) is 2.04. The van der Waals surface area contributed by atoms with Gasteiger partial charge in [0.15, 0.2) is 0 Å². The Morgan fingerprint density at radius 1 is 1.37 bits per heavy atom. The van der Waals surface area contributed by atoms with E-state index < -0.39 is 5.97 Å². The van der Waals surface area contributed by atoms with Crippen LogP contribution in [0.5, 0.6) is 0 Å². The topological polar surface area (TPSA) is 50.4 Å². The lowest BCUT2D eigenvalue weighted by Gasteiger charge is -2.02. The van der Waals surface area contributed by atoms with Crippen molar-refractivity contribution in [2.45, 2.75) is 6.92 Å². The van der Waals surface area contributed by atoms with Crippen molar-refractivity contribution in [1.29, 1.82) is 0 Å². The summed E-state index contributed by atoms with van der Waals surface area (Å²) < 4.78 is 6.61. The van der Waals surface area contributed by atoms with Crippen molar-refractivity contribution in [1.82, 2.24) is 0 Å². The van der Waals surface area contributed by atoms with Crippen molar-refractivity contribution in [3.63, 3.8) is 0 Å². The first-order chi connectivity index (χ1) is 8.97. The Kier molecular flexibility index (Phi) is 4.17. The van der Waals surface area contributed by atoms with Gasteiger partial charge in [0.05, 0.1) is 4.91 Å². The number of carboxylic acids is 1. The standard InChI is InChI=1S/C14H11BrO3S/c1-8-6-9(15)2-4-11(8)12-5-3-10(18-12)7-13(19)14(16)17/h2-7,19H,1H3,(H,16,17)/b13-7-. The van der Waals surface area contributed by atoms with Crippen LogP contribution in [0.25, 0.3) is 17.4 Å². The van der Waals surface area contributed by atoms with E-state index in [1.165, 1.54) is 6.08 Å². The second-order valence-electron chi connectivity index (χ2n) is 4.00. The van der Waals surface area contributed by atoms with Gasteiger partial charge in [-0.25, -0.2) is 4.79 Å². The number of halogens is 1. The van der Waals surface area contributed by atoms with E-state index in [1.54, 1.807) is 6.07 Å². The summed E-state index contributed by atoms with van der Waals surface area (Å²) in [6, 6.07) is 9.40. The first-order valence-electron chi connectivity index (χ1n) is 5.47. The summed E-state index contributed by atoms with van der Waals surface area (Å²) in [5.74, 6) is 0.0774. The van der Waals surface area contributed by atoms with E-state index in [4.69, 9.17) is 9.52 Å². The number of hydrogen-bond acceptors (Lipinski definition) is 3. The highest BCUT2D eigenvalue weighted by molar-refractivity contribution is 9.10. The maximum absolute atomic E-state index is 10.7. The number of aryl methyl sites for hydroxylation is 1. The zero-order chi connectivity index (χ0) is 14.0. The van der Waals surface area contributed by atoms with Crippen molar-refractivity contribution >= 4 is 40.6 Å². The van der Waals surface area contributed by atoms with Crippen LogP contribution < -0.4 is 0 Å². The van der Waals surface area contributed by atoms with Gasteiger partial charge in [-0.15, -0.1) is 12.6 Å². The number of thiol groups is 1. The molecule has 0 saturated carbocycles. The number of benzene rings is 1. The molecule has 19 heavy (non-hydrogen) atoms. The molecule has 0 radical (unpaired) electrons. The molecule has 98 valence electrons. The van der Waals surface area contributed by atoms with Gasteiger partial charge < -0.3 is 9.52 Å². The Morgan fingerprint density at radius 3 is 2.74 bits per heavy atom. The minimum atomic E-state index is -1.08. The molecule has 0 fully saturated rings. The van der Waals surface area contributed by atoms with Crippen LogP contribution in [0.2, 0.25) is 0 Å². The van der Waals surface area contributed by atoms with Gasteiger partial charge in [0.1, 0.15) is 11.5 Å². The fraction of sp³-hybridized carbons (Fsp3) is 0.0714. The van der Waals surface area contributed by atoms with Gasteiger partial charge in [-0.1, -0.05) is 15.9 Å². The molecule has 0 aliphatic rings. The molecule has 0 atom stereocenters. The van der Waals surface area contributed by atoms with E-state index in [1.807, 2.05) is 31.2 Å². The van der Waals surface area contributed by atoms with Gasteiger partial charge in [0.25, 0.3) is 0 Å². The second-order valence-corrected chi connectivity index (χ2v) is 5.39. The van der Waals surface area contributed by atoms with E-state index >= 15 is 0 Å². The van der Waals surface area contributed by atoms with Crippen molar-refractivity contribution in [3.05, 3.63) is 51.0 Å². The van der Waals surface area contributed by atoms with Gasteiger partial charge in [0.2, 0.25) is 0 Å². The van der Waals surface area contributed by atoms with E-state index in [0.717, 1.165) is 15.6 Å². The number of rotatable bonds is 3. The van der Waals surface area contributed by atoms with Crippen LogP contribution in [-0.2, 0) is 4.79 Å². The van der Waals surface area contributed by atoms with Crippen LogP contribution in [0.15, 0.2) is 44.1 Å². The van der Waals surface area contributed by atoms with Crippen LogP contribution in [0, 0.1) is 6.92 Å². The molecule has 1 heterocycles. The van der Waals surface area contributed by atoms with Gasteiger partial charge >= 0.3 is 5.97 Å². The summed E-state index contributed by atoms with van der Waals surface area (Å²) in [6.45, 7) is 1.99. The van der Waals surface area contributed by atoms with Crippen LogP contribution in [0.4, 0.5) is 0 Å². The van der Waals surface area contributed by atoms with Crippen LogP contribution in [0.3, 0.4) is 0 Å². The van der Waals surface area contributed by atoms with Crippen molar-refractivity contribution in [2.24, 2.45) is 0 Å². The number of furan rings is 1. The molecule has 1 aromatic carbocycles. The molecule has 1 aromatic heterocycles. The number of carbonyl (C=O) groups is 1. The molecule has 2 aromatic rings. The first kappa shape index (κ1) is 14.0. The Morgan fingerprint density at radius 2 is 2.11 bits per heavy atom. The minimum absolute atomic E-state index is 0.0616. The maximum Gasteiger partial charge on any atom is 0.342 e. The minimum Gasteiger partial charge on any atom is -0.477 e. The second kappa shape index (κ2) is 5.67. The highest BCUT2D eigenvalue weighted by Gasteiger charge is 2.08. The third kappa shape index (κ3) is 3.30. The smallest absolute Gasteiger partial charge is 0.342 e. The third-order valence-electron chi connectivity index (χ3n) is 2.58. The molecule has 0 amide bonds. The van der Waals surface area contributed by atoms with Crippen LogP contribution >= 0.6 is 28.6 Å². The lowest BCUT2D eigenvalue weighted by Crippen LogP contribution is -1.92. The highest BCUT2D eigenvalue weighted by Crippen LogP contribution is 2.28. The number of carboxylic acid groups (broad SMARTS) is 1. The van der Waals surface area contributed by atoms with Crippen molar-refractivity contribution in [3.8, 4) is 11.3 Å². The summed E-state index contributed by atoms with van der Waals surface area (Å²) in [4.78, 5) is 10.6. The van der Waals surface area contributed by atoms with Crippen molar-refractivity contribution in [2.75, 3.05) is 0 Å². The van der Waals surface area contributed by atoms with E-state index in [-0.39, 0.29) is 4.91 Å². The van der Waals surface area contributed by atoms with Crippen molar-refractivity contribution < 1.29 is 14.3 Å². The first-order valence-corrected chi connectivity index (χ1v) is 6.71. The van der Waals surface area contributed by atoms with E-state index in [2.05, 4.69) is 28.6 Å². The van der Waals surface area contributed by atoms with Crippen LogP contribution in [-0.4, -0.2) is 11.1 Å². The fourth-order valence-electron chi connectivity index (χ4n) is 1.68. The molecule has 0 aliphatic carbocycles. The molecular formula is C14H11BrO3S. The van der Waals surface area contributed by atoms with E-state index in [9.17, 15) is 4.79 Å². The predicted octanol–water partition coefficient (Wildman–Crippen LogP) is 4.37. The van der Waals surface area contributed by atoms with Crippen LogP contribution in [0.1, 0.15) is 11.3 Å². The Bertz CT molecular complexity index is 658. The zero-order valence-corrected chi connectivity index (χ0v) is 12.5. The maximum atomic E-state index is 10.7. The Labute approximate surface area is 124 Å². The Balaban J connectivity index is 2.36. The summed E-state index contributed by atoms with van der Waals surface area (Å²) in [5, 5.41) is 8.75. The highest BCUT2D eigenvalue weighted by atomic mass is 79.9. The zero-order valence-electron chi connectivity index (χ0n) is 10.1. The van der Waals surface area contributed by atoms with Gasteiger partial charge in [-0.2, -0.15) is 0 Å². The summed E-state index contributed by atoms with van der Waals surface area (Å²) >= 11 is 7.27. The third-order valence-corrected chi connectivity index (χ3v) is 3.39. The lowest BCUT2D eigenvalue weighted by atomic mass is 10.1. The average Bonchev–Trinajstić information content (AvgIpc) is 2.77. The van der Waals surface area contributed by atoms with Gasteiger partial charge in [-0.3, -0.25) is 0 Å². The molecule has 5 heteroatoms. The molecule has 0 unspecified atom stereocenters. The molecule has 0 spiro atoms. The molecule has 2 rings (SSSR count). The lowest BCUT2D eigenvalue weighted by molar-refractivity contribution is -0.131. The number of aliphatic carboxylic acids is 1. The largest absolute Gasteiger partial charge is 0.477 e. The Hall–Kier alpha value is -1.46. The molecule has 0 aliphatic heterocycles. The molecular weight excluding hydrogens is 328 g/mol. The molecule has 3 nitrogen and oxygen atoms in total. The molecule has 0 bridgehead atoms. The molecule has 0 saturated heterocycles.